The van der Waals surface area contributed by atoms with Gasteiger partial charge in [-0.2, -0.15) is 0 Å². The van der Waals surface area contributed by atoms with Crippen molar-refractivity contribution in [1.82, 2.24) is 4.98 Å². The molecule has 1 aromatic heterocycles. The van der Waals surface area contributed by atoms with Gasteiger partial charge in [0.1, 0.15) is 5.82 Å². The molecule has 0 saturated heterocycles. The first-order chi connectivity index (χ1) is 9.79. The predicted octanol–water partition coefficient (Wildman–Crippen LogP) is 4.41. The summed E-state index contributed by atoms with van der Waals surface area (Å²) in [5.74, 6) is -0.141. The normalized spacial score (nSPS) is 17.4. The van der Waals surface area contributed by atoms with Gasteiger partial charge in [0, 0.05) is 22.8 Å². The number of aryl methyl sites for hydroxylation is 1. The summed E-state index contributed by atoms with van der Waals surface area (Å²) in [6, 6.07) is 13.8. The Bertz CT molecular complexity index is 776. The van der Waals surface area contributed by atoms with Crippen molar-refractivity contribution in [3.63, 3.8) is 0 Å². The summed E-state index contributed by atoms with van der Waals surface area (Å²) in [6.07, 6.45) is 3.91. The van der Waals surface area contributed by atoms with Crippen molar-refractivity contribution < 1.29 is 4.39 Å². The van der Waals surface area contributed by atoms with Crippen LogP contribution in [0.15, 0.2) is 48.7 Å². The second-order valence-electron chi connectivity index (χ2n) is 5.36. The highest BCUT2D eigenvalue weighted by Crippen LogP contribution is 2.34. The van der Waals surface area contributed by atoms with Crippen LogP contribution in [0.25, 0.3) is 10.9 Å². The third-order valence-corrected chi connectivity index (χ3v) is 4.08. The van der Waals surface area contributed by atoms with Crippen molar-refractivity contribution in [1.29, 1.82) is 0 Å². The molecule has 0 radical (unpaired) electrons. The molecule has 3 aromatic rings. The summed E-state index contributed by atoms with van der Waals surface area (Å²) in [5.41, 5.74) is 4.61. The molecule has 1 atom stereocenters. The molecular formula is C17H15FN2. The van der Waals surface area contributed by atoms with E-state index in [2.05, 4.69) is 34.6 Å². The monoisotopic (exact) mass is 266 g/mol. The molecule has 0 bridgehead atoms. The molecule has 2 nitrogen and oxygen atoms in total. The van der Waals surface area contributed by atoms with Gasteiger partial charge in [0.25, 0.3) is 0 Å². The van der Waals surface area contributed by atoms with Gasteiger partial charge in [0.15, 0.2) is 0 Å². The van der Waals surface area contributed by atoms with Crippen molar-refractivity contribution in [3.05, 3.63) is 65.6 Å². The fourth-order valence-corrected chi connectivity index (χ4v) is 3.08. The summed E-state index contributed by atoms with van der Waals surface area (Å²) in [5, 5.41) is 4.76. The Morgan fingerprint density at radius 1 is 1.10 bits per heavy atom. The zero-order valence-electron chi connectivity index (χ0n) is 11.0. The minimum atomic E-state index is -0.141. The average molecular weight is 266 g/mol. The largest absolute Gasteiger partial charge is 0.378 e. The average Bonchev–Trinajstić information content (AvgIpc) is 3.05. The predicted molar refractivity (Wildman–Crippen MR) is 79.4 cm³/mol. The van der Waals surface area contributed by atoms with Gasteiger partial charge in [0.2, 0.25) is 0 Å². The van der Waals surface area contributed by atoms with Crippen LogP contribution < -0.4 is 5.32 Å². The summed E-state index contributed by atoms with van der Waals surface area (Å²) in [6.45, 7) is 0. The number of hydrogen-bond donors (Lipinski definition) is 2. The molecule has 20 heavy (non-hydrogen) atoms. The Hall–Kier alpha value is -2.29. The van der Waals surface area contributed by atoms with E-state index in [1.807, 2.05) is 12.3 Å². The summed E-state index contributed by atoms with van der Waals surface area (Å²) in [7, 11) is 0. The SMILES string of the molecule is Fc1ccc2c(c1)CCC2Nc1ccc2[nH]ccc2c1. The van der Waals surface area contributed by atoms with Crippen molar-refractivity contribution in [3.8, 4) is 0 Å². The fraction of sp³-hybridized carbons (Fsp3) is 0.176. The third-order valence-electron chi connectivity index (χ3n) is 4.08. The molecule has 0 aliphatic heterocycles. The van der Waals surface area contributed by atoms with Gasteiger partial charge < -0.3 is 10.3 Å². The first-order valence-corrected chi connectivity index (χ1v) is 6.91. The lowest BCUT2D eigenvalue weighted by atomic mass is 10.1. The lowest BCUT2D eigenvalue weighted by molar-refractivity contribution is 0.626. The molecule has 0 spiro atoms. The van der Waals surface area contributed by atoms with Gasteiger partial charge in [-0.3, -0.25) is 0 Å². The number of H-pyrrole nitrogens is 1. The molecule has 100 valence electrons. The third kappa shape index (κ3) is 1.86. The number of aromatic nitrogens is 1. The summed E-state index contributed by atoms with van der Waals surface area (Å²) in [4.78, 5) is 3.19. The molecule has 1 unspecified atom stereocenters. The van der Waals surface area contributed by atoms with Crippen LogP contribution in [0.3, 0.4) is 0 Å². The van der Waals surface area contributed by atoms with Crippen LogP contribution in [-0.4, -0.2) is 4.98 Å². The van der Waals surface area contributed by atoms with E-state index in [-0.39, 0.29) is 11.9 Å². The number of halogens is 1. The van der Waals surface area contributed by atoms with Crippen LogP contribution in [0.4, 0.5) is 10.1 Å². The number of rotatable bonds is 2. The van der Waals surface area contributed by atoms with E-state index in [1.54, 1.807) is 12.1 Å². The maximum atomic E-state index is 13.2. The highest BCUT2D eigenvalue weighted by molar-refractivity contribution is 5.83. The van der Waals surface area contributed by atoms with Crippen LogP contribution in [0.2, 0.25) is 0 Å². The molecule has 1 aliphatic rings. The van der Waals surface area contributed by atoms with Crippen LogP contribution in [0.1, 0.15) is 23.6 Å². The molecule has 2 aromatic carbocycles. The number of aromatic amines is 1. The molecule has 0 saturated carbocycles. The number of hydrogen-bond acceptors (Lipinski definition) is 1. The first kappa shape index (κ1) is 11.5. The Balaban J connectivity index is 1.64. The lowest BCUT2D eigenvalue weighted by Gasteiger charge is -2.15. The van der Waals surface area contributed by atoms with Gasteiger partial charge in [-0.05, 0) is 60.4 Å². The van der Waals surface area contributed by atoms with E-state index < -0.39 is 0 Å². The van der Waals surface area contributed by atoms with Gasteiger partial charge in [-0.1, -0.05) is 6.07 Å². The van der Waals surface area contributed by atoms with Crippen LogP contribution in [0, 0.1) is 5.82 Å². The Labute approximate surface area is 116 Å². The minimum absolute atomic E-state index is 0.141. The highest BCUT2D eigenvalue weighted by Gasteiger charge is 2.22. The number of benzene rings is 2. The van der Waals surface area contributed by atoms with E-state index in [0.717, 1.165) is 29.6 Å². The summed E-state index contributed by atoms with van der Waals surface area (Å²) >= 11 is 0. The molecular weight excluding hydrogens is 251 g/mol. The molecule has 3 heteroatoms. The Morgan fingerprint density at radius 2 is 2.05 bits per heavy atom. The molecule has 4 rings (SSSR count). The van der Waals surface area contributed by atoms with Gasteiger partial charge in [0.05, 0.1) is 6.04 Å². The Kier molecular flexibility index (Phi) is 2.52. The smallest absolute Gasteiger partial charge is 0.123 e. The standard InChI is InChI=1S/C17H15FN2/c18-13-2-4-15-11(9-13)1-5-17(15)20-14-3-6-16-12(10-14)7-8-19-16/h2-4,6-10,17,19-20H,1,5H2. The first-order valence-electron chi connectivity index (χ1n) is 6.91. The maximum Gasteiger partial charge on any atom is 0.123 e. The molecule has 1 heterocycles. The molecule has 0 amide bonds. The minimum Gasteiger partial charge on any atom is -0.378 e. The quantitative estimate of drug-likeness (QED) is 0.706. The molecule has 2 N–H and O–H groups in total. The molecule has 1 aliphatic carbocycles. The van der Waals surface area contributed by atoms with Crippen molar-refractivity contribution in [2.24, 2.45) is 0 Å². The zero-order valence-corrected chi connectivity index (χ0v) is 11.0. The van der Waals surface area contributed by atoms with Crippen molar-refractivity contribution in [2.75, 3.05) is 5.32 Å². The number of fused-ring (bicyclic) bond motifs is 2. The van der Waals surface area contributed by atoms with E-state index in [4.69, 9.17) is 0 Å². The number of anilines is 1. The van der Waals surface area contributed by atoms with Gasteiger partial charge in [-0.15, -0.1) is 0 Å². The number of nitrogens with one attached hydrogen (secondary N) is 2. The van der Waals surface area contributed by atoms with Crippen LogP contribution in [-0.2, 0) is 6.42 Å². The Morgan fingerprint density at radius 3 is 3.00 bits per heavy atom. The maximum absolute atomic E-state index is 13.2. The van der Waals surface area contributed by atoms with Crippen molar-refractivity contribution >= 4 is 16.6 Å². The van der Waals surface area contributed by atoms with E-state index >= 15 is 0 Å². The van der Waals surface area contributed by atoms with Gasteiger partial charge >= 0.3 is 0 Å². The molecule has 0 fully saturated rings. The van der Waals surface area contributed by atoms with E-state index in [0.29, 0.717) is 0 Å². The van der Waals surface area contributed by atoms with E-state index in [9.17, 15) is 4.39 Å². The summed E-state index contributed by atoms with van der Waals surface area (Å²) < 4.78 is 13.2. The zero-order chi connectivity index (χ0) is 13.5. The second-order valence-corrected chi connectivity index (χ2v) is 5.36. The topological polar surface area (TPSA) is 27.8 Å². The lowest BCUT2D eigenvalue weighted by Crippen LogP contribution is -2.06. The van der Waals surface area contributed by atoms with Crippen LogP contribution >= 0.6 is 0 Å². The van der Waals surface area contributed by atoms with E-state index in [1.165, 1.54) is 10.9 Å². The van der Waals surface area contributed by atoms with Crippen molar-refractivity contribution in [2.45, 2.75) is 18.9 Å². The highest BCUT2D eigenvalue weighted by atomic mass is 19.1. The fourth-order valence-electron chi connectivity index (χ4n) is 3.08. The second kappa shape index (κ2) is 4.37. The van der Waals surface area contributed by atoms with Crippen LogP contribution in [0.5, 0.6) is 0 Å². The van der Waals surface area contributed by atoms with Gasteiger partial charge in [-0.25, -0.2) is 4.39 Å².